The molecule has 0 amide bonds. The smallest absolute Gasteiger partial charge is 0.146 e. The number of imidazole rings is 1. The summed E-state index contributed by atoms with van der Waals surface area (Å²) in [6.07, 6.45) is 6.27. The molecule has 2 aromatic heterocycles. The fourth-order valence-corrected chi connectivity index (χ4v) is 6.58. The van der Waals surface area contributed by atoms with Crippen LogP contribution >= 0.6 is 0 Å². The summed E-state index contributed by atoms with van der Waals surface area (Å²) in [7, 11) is 0. The number of benzene rings is 5. The summed E-state index contributed by atoms with van der Waals surface area (Å²) in [5.41, 5.74) is 13.8. The number of hydrogen-bond acceptors (Lipinski definition) is 1. The molecule has 0 saturated carbocycles. The summed E-state index contributed by atoms with van der Waals surface area (Å²) in [4.78, 5) is 4.95. The molecule has 0 unspecified atom stereocenters. The van der Waals surface area contributed by atoms with Crippen molar-refractivity contribution in [3.05, 3.63) is 137 Å². The molecule has 0 spiro atoms. The molecule has 3 nitrogen and oxygen atoms in total. The lowest BCUT2D eigenvalue weighted by Crippen LogP contribution is -2.07. The van der Waals surface area contributed by atoms with E-state index in [1.165, 1.54) is 66.3 Å². The van der Waals surface area contributed by atoms with Crippen molar-refractivity contribution in [3.8, 4) is 33.9 Å². The Morgan fingerprint density at radius 2 is 1.22 bits per heavy atom. The van der Waals surface area contributed by atoms with Gasteiger partial charge in [0.2, 0.25) is 0 Å². The minimum atomic E-state index is 0.954. The Morgan fingerprint density at radius 3 is 1.98 bits per heavy atom. The van der Waals surface area contributed by atoms with Crippen LogP contribution in [0.2, 0.25) is 0 Å². The van der Waals surface area contributed by atoms with Gasteiger partial charge in [-0.2, -0.15) is 0 Å². The lowest BCUT2D eigenvalue weighted by atomic mass is 9.84. The average molecular weight is 532 g/mol. The fourth-order valence-electron chi connectivity index (χ4n) is 6.58. The molecule has 0 bridgehead atoms. The lowest BCUT2D eigenvalue weighted by Gasteiger charge is -2.24. The van der Waals surface area contributed by atoms with Crippen LogP contribution < -0.4 is 0 Å². The van der Waals surface area contributed by atoms with E-state index in [0.717, 1.165) is 17.1 Å². The van der Waals surface area contributed by atoms with Gasteiger partial charge in [-0.1, -0.05) is 72.8 Å². The van der Waals surface area contributed by atoms with Crippen LogP contribution in [0.4, 0.5) is 0 Å². The highest BCUT2D eigenvalue weighted by Gasteiger charge is 2.23. The molecule has 0 saturated heterocycles. The van der Waals surface area contributed by atoms with E-state index < -0.39 is 0 Å². The molecule has 41 heavy (non-hydrogen) atoms. The van der Waals surface area contributed by atoms with Gasteiger partial charge in [-0.25, -0.2) is 4.98 Å². The van der Waals surface area contributed by atoms with Crippen molar-refractivity contribution in [1.82, 2.24) is 14.1 Å². The molecule has 2 heterocycles. The standard InChI is InChI=1S/C38H33N3/c1-24-19-20-29-13-9-10-16-31(29)35(24)36-25(2)27(4)37(28(5)26(36)3)40-22-21-39-38(40)33-23-41(30-14-7-6-8-15-30)34-18-12-11-17-32(33)34/h6-23H,1-5H3. The Labute approximate surface area is 241 Å². The second-order valence-electron chi connectivity index (χ2n) is 11.1. The van der Waals surface area contributed by atoms with Crippen molar-refractivity contribution in [1.29, 1.82) is 0 Å². The number of aryl methyl sites for hydroxylation is 1. The topological polar surface area (TPSA) is 22.8 Å². The second kappa shape index (κ2) is 9.64. The minimum Gasteiger partial charge on any atom is -0.316 e. The molecule has 7 aromatic rings. The molecule has 0 aliphatic heterocycles. The Morgan fingerprint density at radius 1 is 0.561 bits per heavy atom. The van der Waals surface area contributed by atoms with Crippen molar-refractivity contribution in [2.45, 2.75) is 34.6 Å². The van der Waals surface area contributed by atoms with Gasteiger partial charge >= 0.3 is 0 Å². The molecule has 0 atom stereocenters. The van der Waals surface area contributed by atoms with Crippen LogP contribution in [0.25, 0.3) is 55.6 Å². The van der Waals surface area contributed by atoms with E-state index in [0.29, 0.717) is 0 Å². The monoisotopic (exact) mass is 531 g/mol. The summed E-state index contributed by atoms with van der Waals surface area (Å²) in [5, 5.41) is 3.77. The Balaban J connectivity index is 1.46. The largest absolute Gasteiger partial charge is 0.316 e. The summed E-state index contributed by atoms with van der Waals surface area (Å²) in [5.74, 6) is 0.954. The SMILES string of the molecule is Cc1ccc2ccccc2c1-c1c(C)c(C)c(-n2ccnc2-c2cn(-c3ccccc3)c3ccccc23)c(C)c1C. The van der Waals surface area contributed by atoms with Crippen LogP contribution in [0.15, 0.2) is 110 Å². The summed E-state index contributed by atoms with van der Waals surface area (Å²) >= 11 is 0. The summed E-state index contributed by atoms with van der Waals surface area (Å²) < 4.78 is 4.56. The predicted octanol–water partition coefficient (Wildman–Crippen LogP) is 9.85. The van der Waals surface area contributed by atoms with Gasteiger partial charge in [-0.15, -0.1) is 0 Å². The number of fused-ring (bicyclic) bond motifs is 2. The van der Waals surface area contributed by atoms with Crippen molar-refractivity contribution in [2.75, 3.05) is 0 Å². The molecule has 0 aliphatic carbocycles. The first kappa shape index (κ1) is 25.1. The maximum atomic E-state index is 4.95. The molecular weight excluding hydrogens is 498 g/mol. The van der Waals surface area contributed by atoms with Crippen molar-refractivity contribution >= 4 is 21.7 Å². The first-order chi connectivity index (χ1) is 20.0. The minimum absolute atomic E-state index is 0.954. The van der Waals surface area contributed by atoms with E-state index in [4.69, 9.17) is 4.98 Å². The van der Waals surface area contributed by atoms with E-state index in [9.17, 15) is 0 Å². The first-order valence-electron chi connectivity index (χ1n) is 14.2. The zero-order valence-corrected chi connectivity index (χ0v) is 24.2. The van der Waals surface area contributed by atoms with Crippen LogP contribution in [-0.2, 0) is 0 Å². The van der Waals surface area contributed by atoms with E-state index in [1.54, 1.807) is 0 Å². The third-order valence-electron chi connectivity index (χ3n) is 8.84. The van der Waals surface area contributed by atoms with Crippen molar-refractivity contribution in [2.24, 2.45) is 0 Å². The first-order valence-corrected chi connectivity index (χ1v) is 14.2. The molecule has 0 N–H and O–H groups in total. The highest BCUT2D eigenvalue weighted by molar-refractivity contribution is 6.01. The maximum Gasteiger partial charge on any atom is 0.146 e. The van der Waals surface area contributed by atoms with Gasteiger partial charge in [0.25, 0.3) is 0 Å². The van der Waals surface area contributed by atoms with Crippen LogP contribution in [-0.4, -0.2) is 14.1 Å². The highest BCUT2D eigenvalue weighted by atomic mass is 15.1. The third kappa shape index (κ3) is 3.84. The number of nitrogens with zero attached hydrogens (tertiary/aromatic N) is 3. The molecule has 0 aliphatic rings. The number of rotatable bonds is 4. The van der Waals surface area contributed by atoms with Crippen molar-refractivity contribution < 1.29 is 0 Å². The lowest BCUT2D eigenvalue weighted by molar-refractivity contribution is 1.02. The normalized spacial score (nSPS) is 11.5. The quantitative estimate of drug-likeness (QED) is 0.222. The maximum absolute atomic E-state index is 4.95. The highest BCUT2D eigenvalue weighted by Crippen LogP contribution is 2.42. The summed E-state index contributed by atoms with van der Waals surface area (Å²) in [6.45, 7) is 11.3. The number of aromatic nitrogens is 3. The predicted molar refractivity (Wildman–Crippen MR) is 172 cm³/mol. The van der Waals surface area contributed by atoms with E-state index in [-0.39, 0.29) is 0 Å². The third-order valence-corrected chi connectivity index (χ3v) is 8.84. The van der Waals surface area contributed by atoms with Gasteiger partial charge in [-0.3, -0.25) is 4.57 Å². The molecule has 7 rings (SSSR count). The Bertz CT molecular complexity index is 2060. The molecule has 0 fully saturated rings. The zero-order chi connectivity index (χ0) is 28.2. The Kier molecular flexibility index (Phi) is 5.90. The number of para-hydroxylation sites is 2. The van der Waals surface area contributed by atoms with Crippen LogP contribution in [0, 0.1) is 34.6 Å². The van der Waals surface area contributed by atoms with E-state index >= 15 is 0 Å². The molecular formula is C38H33N3. The van der Waals surface area contributed by atoms with Gasteiger partial charge in [0.05, 0.1) is 11.2 Å². The average Bonchev–Trinajstić information content (AvgIpc) is 3.63. The molecule has 0 radical (unpaired) electrons. The van der Waals surface area contributed by atoms with Crippen molar-refractivity contribution in [3.63, 3.8) is 0 Å². The zero-order valence-electron chi connectivity index (χ0n) is 24.2. The Hall–Kier alpha value is -4.89. The van der Waals surface area contributed by atoms with Crippen LogP contribution in [0.1, 0.15) is 27.8 Å². The van der Waals surface area contributed by atoms with Gasteiger partial charge in [0.15, 0.2) is 0 Å². The molecule has 3 heteroatoms. The van der Waals surface area contributed by atoms with Crippen LogP contribution in [0.5, 0.6) is 0 Å². The van der Waals surface area contributed by atoms with Gasteiger partial charge in [0, 0.05) is 35.2 Å². The van der Waals surface area contributed by atoms with Gasteiger partial charge in [-0.05, 0) is 103 Å². The van der Waals surface area contributed by atoms with Gasteiger partial charge in [0.1, 0.15) is 5.82 Å². The fraction of sp³-hybridized carbons (Fsp3) is 0.132. The second-order valence-corrected chi connectivity index (χ2v) is 11.1. The van der Waals surface area contributed by atoms with Crippen LogP contribution in [0.3, 0.4) is 0 Å². The number of hydrogen-bond donors (Lipinski definition) is 0. The molecule has 200 valence electrons. The van der Waals surface area contributed by atoms with Gasteiger partial charge < -0.3 is 4.57 Å². The van der Waals surface area contributed by atoms with E-state index in [1.807, 2.05) is 6.20 Å². The van der Waals surface area contributed by atoms with E-state index in [2.05, 4.69) is 147 Å². The molecule has 5 aromatic carbocycles. The summed E-state index contributed by atoms with van der Waals surface area (Å²) in [6, 6.07) is 32.4.